The first-order valence-corrected chi connectivity index (χ1v) is 13.2. The van der Waals surface area contributed by atoms with Crippen LogP contribution in [0.1, 0.15) is 50.5 Å². The van der Waals surface area contributed by atoms with Gasteiger partial charge in [-0.1, -0.05) is 19.9 Å². The Morgan fingerprint density at radius 2 is 1.98 bits per heavy atom. The van der Waals surface area contributed by atoms with Crippen LogP contribution in [0.3, 0.4) is 0 Å². The summed E-state index contributed by atoms with van der Waals surface area (Å²) < 4.78 is 22.7. The summed E-state index contributed by atoms with van der Waals surface area (Å²) in [5, 5.41) is 8.64. The SMILES string of the molecule is CNC1CC=C(c2cnc(N)c3c(-c4ccc(NC(=O)Nc5cncc(OC)c5)cc4F)nc(C(C)C)n23)CC1. The Morgan fingerprint density at radius 3 is 2.65 bits per heavy atom. The molecule has 0 saturated carbocycles. The van der Waals surface area contributed by atoms with E-state index in [4.69, 9.17) is 15.5 Å². The summed E-state index contributed by atoms with van der Waals surface area (Å²) in [4.78, 5) is 25.9. The Balaban J connectivity index is 1.48. The number of halogens is 1. The Bertz CT molecular complexity index is 1600. The fourth-order valence-electron chi connectivity index (χ4n) is 4.97. The van der Waals surface area contributed by atoms with E-state index in [-0.39, 0.29) is 23.0 Å². The standard InChI is InChI=1S/C29H33FN8O2/c1-16(2)28-37-25(26-27(31)34-15-24(38(26)28)17-5-7-18(32-3)8-6-17)22-10-9-19(12-23(22)30)35-29(39)36-20-11-21(40-4)14-33-13-20/h5,9-16,18,32H,6-8H2,1-4H3,(H2,31,34)(H2,35,36,39). The molecule has 1 unspecified atom stereocenters. The lowest BCUT2D eigenvalue weighted by molar-refractivity contribution is 0.262. The smallest absolute Gasteiger partial charge is 0.323 e. The maximum Gasteiger partial charge on any atom is 0.323 e. The minimum atomic E-state index is -0.547. The summed E-state index contributed by atoms with van der Waals surface area (Å²) in [6, 6.07) is 6.00. The van der Waals surface area contributed by atoms with Crippen LogP contribution in [0.2, 0.25) is 0 Å². The summed E-state index contributed by atoms with van der Waals surface area (Å²) in [5.41, 5.74) is 10.4. The van der Waals surface area contributed by atoms with Crippen LogP contribution in [0.15, 0.2) is 48.9 Å². The van der Waals surface area contributed by atoms with E-state index in [1.54, 1.807) is 24.4 Å². The molecule has 11 heteroatoms. The van der Waals surface area contributed by atoms with Gasteiger partial charge in [0.15, 0.2) is 0 Å². The van der Waals surface area contributed by atoms with E-state index in [9.17, 15) is 4.79 Å². The number of nitrogens with two attached hydrogens (primary N) is 1. The fourth-order valence-corrected chi connectivity index (χ4v) is 4.97. The van der Waals surface area contributed by atoms with Gasteiger partial charge in [0, 0.05) is 29.3 Å². The molecule has 0 bridgehead atoms. The molecule has 1 aromatic carbocycles. The van der Waals surface area contributed by atoms with Gasteiger partial charge in [0.2, 0.25) is 0 Å². The van der Waals surface area contributed by atoms with Crippen molar-refractivity contribution in [3.8, 4) is 17.0 Å². The maximum atomic E-state index is 15.6. The quantitative estimate of drug-likeness (QED) is 0.243. The van der Waals surface area contributed by atoms with Crippen molar-refractivity contribution in [2.75, 3.05) is 30.5 Å². The number of imidazole rings is 1. The largest absolute Gasteiger partial charge is 0.495 e. The van der Waals surface area contributed by atoms with Gasteiger partial charge < -0.3 is 26.4 Å². The van der Waals surface area contributed by atoms with E-state index >= 15 is 4.39 Å². The van der Waals surface area contributed by atoms with Crippen LogP contribution in [0, 0.1) is 5.82 Å². The van der Waals surface area contributed by atoms with Gasteiger partial charge in [-0.3, -0.25) is 9.38 Å². The molecule has 0 saturated heterocycles. The molecule has 1 aliphatic carbocycles. The van der Waals surface area contributed by atoms with E-state index in [2.05, 4.69) is 32.0 Å². The Hall–Kier alpha value is -4.51. The second kappa shape index (κ2) is 11.3. The first kappa shape index (κ1) is 27.1. The predicted octanol–water partition coefficient (Wildman–Crippen LogP) is 5.44. The summed E-state index contributed by atoms with van der Waals surface area (Å²) in [5.74, 6) is 1.05. The van der Waals surface area contributed by atoms with Gasteiger partial charge in [0.05, 0.1) is 37.1 Å². The zero-order valence-electron chi connectivity index (χ0n) is 23.0. The Morgan fingerprint density at radius 1 is 1.18 bits per heavy atom. The molecule has 0 spiro atoms. The number of carbonyl (C=O) groups is 1. The number of methoxy groups -OCH3 is 1. The number of fused-ring (bicyclic) bond motifs is 1. The third-order valence-corrected chi connectivity index (χ3v) is 7.07. The minimum Gasteiger partial charge on any atom is -0.495 e. The first-order valence-electron chi connectivity index (χ1n) is 13.2. The monoisotopic (exact) mass is 544 g/mol. The molecule has 40 heavy (non-hydrogen) atoms. The number of nitrogen functional groups attached to an aromatic ring is 1. The molecule has 0 aliphatic heterocycles. The lowest BCUT2D eigenvalue weighted by Crippen LogP contribution is -2.26. The highest BCUT2D eigenvalue weighted by atomic mass is 19.1. The number of urea groups is 1. The lowest BCUT2D eigenvalue weighted by Gasteiger charge is -2.22. The number of nitrogens with zero attached hydrogens (tertiary/aromatic N) is 4. The van der Waals surface area contributed by atoms with Gasteiger partial charge in [0.1, 0.15) is 34.4 Å². The number of allylic oxidation sites excluding steroid dienone is 1. The van der Waals surface area contributed by atoms with Crippen molar-refractivity contribution in [3.63, 3.8) is 0 Å². The normalized spacial score (nSPS) is 15.2. The number of benzene rings is 1. The van der Waals surface area contributed by atoms with Gasteiger partial charge >= 0.3 is 6.03 Å². The molecule has 4 aromatic rings. The van der Waals surface area contributed by atoms with Gasteiger partial charge in [0.25, 0.3) is 0 Å². The number of nitrogens with one attached hydrogen (secondary N) is 3. The molecule has 10 nitrogen and oxygen atoms in total. The molecule has 0 fully saturated rings. The predicted molar refractivity (Wildman–Crippen MR) is 155 cm³/mol. The topological polar surface area (TPSA) is 131 Å². The lowest BCUT2D eigenvalue weighted by atomic mass is 9.93. The zero-order chi connectivity index (χ0) is 28.4. The number of ether oxygens (including phenoxy) is 1. The van der Waals surface area contributed by atoms with Gasteiger partial charge in [-0.05, 0) is 50.1 Å². The number of rotatable bonds is 7. The van der Waals surface area contributed by atoms with E-state index in [1.807, 2.05) is 25.3 Å². The van der Waals surface area contributed by atoms with Crippen LogP contribution in [0.5, 0.6) is 5.75 Å². The highest BCUT2D eigenvalue weighted by Crippen LogP contribution is 2.37. The van der Waals surface area contributed by atoms with Crippen molar-refractivity contribution < 1.29 is 13.9 Å². The third-order valence-electron chi connectivity index (χ3n) is 7.07. The van der Waals surface area contributed by atoms with E-state index < -0.39 is 11.8 Å². The number of anilines is 3. The molecule has 1 aliphatic rings. The van der Waals surface area contributed by atoms with Crippen molar-refractivity contribution in [1.82, 2.24) is 24.7 Å². The van der Waals surface area contributed by atoms with Crippen molar-refractivity contribution in [2.45, 2.75) is 45.1 Å². The molecule has 2 amide bonds. The Labute approximate surface area is 231 Å². The number of amides is 2. The van der Waals surface area contributed by atoms with Gasteiger partial charge in [-0.15, -0.1) is 0 Å². The van der Waals surface area contributed by atoms with Crippen LogP contribution in [0.25, 0.3) is 22.3 Å². The van der Waals surface area contributed by atoms with E-state index in [0.29, 0.717) is 28.7 Å². The van der Waals surface area contributed by atoms with E-state index in [0.717, 1.165) is 30.8 Å². The Kier molecular flexibility index (Phi) is 7.65. The zero-order valence-corrected chi connectivity index (χ0v) is 23.0. The molecule has 0 radical (unpaired) electrons. The molecule has 1 atom stereocenters. The number of hydrogen-bond donors (Lipinski definition) is 4. The fraction of sp³-hybridized carbons (Fsp3) is 0.310. The number of hydrogen-bond acceptors (Lipinski definition) is 7. The molecule has 208 valence electrons. The number of carbonyl (C=O) groups excluding carboxylic acids is 1. The first-order chi connectivity index (χ1) is 19.3. The summed E-state index contributed by atoms with van der Waals surface area (Å²) >= 11 is 0. The van der Waals surface area contributed by atoms with Crippen LogP contribution in [0.4, 0.5) is 26.4 Å². The van der Waals surface area contributed by atoms with Crippen molar-refractivity contribution in [2.24, 2.45) is 0 Å². The average Bonchev–Trinajstić information content (AvgIpc) is 3.35. The molecule has 5 N–H and O–H groups in total. The van der Waals surface area contributed by atoms with E-state index in [1.165, 1.54) is 31.1 Å². The van der Waals surface area contributed by atoms with Crippen LogP contribution < -0.4 is 26.4 Å². The minimum absolute atomic E-state index is 0.0508. The summed E-state index contributed by atoms with van der Waals surface area (Å²) in [6.07, 6.45) is 9.84. The third kappa shape index (κ3) is 5.32. The van der Waals surface area contributed by atoms with Gasteiger partial charge in [-0.2, -0.15) is 0 Å². The average molecular weight is 545 g/mol. The summed E-state index contributed by atoms with van der Waals surface area (Å²) in [7, 11) is 3.49. The highest BCUT2D eigenvalue weighted by molar-refractivity contribution is 6.00. The molecular formula is C29H33FN8O2. The second-order valence-electron chi connectivity index (χ2n) is 10.1. The van der Waals surface area contributed by atoms with Crippen molar-refractivity contribution >= 4 is 34.3 Å². The molecule has 3 heterocycles. The number of aromatic nitrogens is 4. The van der Waals surface area contributed by atoms with Crippen molar-refractivity contribution in [1.29, 1.82) is 0 Å². The molecular weight excluding hydrogens is 511 g/mol. The highest BCUT2D eigenvalue weighted by Gasteiger charge is 2.25. The number of pyridine rings is 1. The van der Waals surface area contributed by atoms with Crippen LogP contribution >= 0.6 is 0 Å². The van der Waals surface area contributed by atoms with Crippen molar-refractivity contribution in [3.05, 3.63) is 66.3 Å². The second-order valence-corrected chi connectivity index (χ2v) is 10.1. The molecule has 5 rings (SSSR count). The maximum absolute atomic E-state index is 15.6. The van der Waals surface area contributed by atoms with Crippen LogP contribution in [-0.2, 0) is 0 Å². The van der Waals surface area contributed by atoms with Crippen LogP contribution in [-0.4, -0.2) is 45.6 Å². The summed E-state index contributed by atoms with van der Waals surface area (Å²) in [6.45, 7) is 4.09. The molecule has 3 aromatic heterocycles. The van der Waals surface area contributed by atoms with Gasteiger partial charge in [-0.25, -0.2) is 19.2 Å².